The zero-order valence-corrected chi connectivity index (χ0v) is 17.2. The lowest BCUT2D eigenvalue weighted by atomic mass is 10.0. The number of ether oxygens (including phenoxy) is 1. The molecule has 0 N–H and O–H groups in total. The Balaban J connectivity index is 1.71. The number of nitrogens with zero attached hydrogens (tertiary/aromatic N) is 3. The Hall–Kier alpha value is -2.38. The molecule has 1 aromatic carbocycles. The van der Waals surface area contributed by atoms with E-state index in [1.165, 1.54) is 18.4 Å². The third kappa shape index (κ3) is 3.29. The molecule has 6 nitrogen and oxygen atoms in total. The number of esters is 1. The van der Waals surface area contributed by atoms with Crippen molar-refractivity contribution in [3.8, 4) is 5.69 Å². The van der Waals surface area contributed by atoms with Crippen LogP contribution in [0.2, 0.25) is 5.02 Å². The number of carbonyl (C=O) groups excluding carboxylic acids is 2. The molecular formula is C20H20ClN3O3S. The fraction of sp³-hybridized carbons (Fsp3) is 0.350. The molecule has 1 saturated heterocycles. The zero-order valence-electron chi connectivity index (χ0n) is 15.6. The van der Waals surface area contributed by atoms with Gasteiger partial charge in [-0.15, -0.1) is 11.3 Å². The van der Waals surface area contributed by atoms with Crippen molar-refractivity contribution in [3.63, 3.8) is 0 Å². The Morgan fingerprint density at radius 1 is 1.25 bits per heavy atom. The van der Waals surface area contributed by atoms with Gasteiger partial charge in [0.05, 0.1) is 23.4 Å². The van der Waals surface area contributed by atoms with Gasteiger partial charge in [0, 0.05) is 17.0 Å². The Kier molecular flexibility index (Phi) is 5.12. The summed E-state index contributed by atoms with van der Waals surface area (Å²) < 4.78 is 6.73. The molecule has 0 saturated carbocycles. The lowest BCUT2D eigenvalue weighted by Gasteiger charge is -2.33. The summed E-state index contributed by atoms with van der Waals surface area (Å²) in [7, 11) is 1.36. The van der Waals surface area contributed by atoms with Gasteiger partial charge in [-0.25, -0.2) is 9.48 Å². The van der Waals surface area contributed by atoms with Crippen LogP contribution in [0.3, 0.4) is 0 Å². The number of aryl methyl sites for hydroxylation is 1. The first-order chi connectivity index (χ1) is 13.5. The number of benzene rings is 1. The van der Waals surface area contributed by atoms with Crippen molar-refractivity contribution in [1.82, 2.24) is 14.7 Å². The van der Waals surface area contributed by atoms with E-state index in [-0.39, 0.29) is 11.9 Å². The van der Waals surface area contributed by atoms with Crippen molar-refractivity contribution in [2.24, 2.45) is 0 Å². The second-order valence-electron chi connectivity index (χ2n) is 6.84. The highest BCUT2D eigenvalue weighted by Crippen LogP contribution is 2.32. The summed E-state index contributed by atoms with van der Waals surface area (Å²) in [5, 5.41) is 6.20. The Morgan fingerprint density at radius 2 is 2.00 bits per heavy atom. The molecule has 1 aliphatic rings. The Bertz CT molecular complexity index is 1040. The van der Waals surface area contributed by atoms with Crippen molar-refractivity contribution in [2.75, 3.05) is 13.7 Å². The number of fused-ring (bicyclic) bond motifs is 1. The highest BCUT2D eigenvalue weighted by molar-refractivity contribution is 7.20. The van der Waals surface area contributed by atoms with Crippen molar-refractivity contribution < 1.29 is 14.3 Å². The monoisotopic (exact) mass is 417 g/mol. The predicted molar refractivity (Wildman–Crippen MR) is 109 cm³/mol. The molecule has 1 fully saturated rings. The first kappa shape index (κ1) is 19.0. The van der Waals surface area contributed by atoms with Gasteiger partial charge in [-0.1, -0.05) is 11.6 Å². The van der Waals surface area contributed by atoms with Crippen LogP contribution in [0.5, 0.6) is 0 Å². The van der Waals surface area contributed by atoms with E-state index < -0.39 is 6.04 Å². The summed E-state index contributed by atoms with van der Waals surface area (Å²) >= 11 is 7.38. The van der Waals surface area contributed by atoms with Crippen molar-refractivity contribution in [3.05, 3.63) is 45.9 Å². The van der Waals surface area contributed by atoms with Crippen molar-refractivity contribution in [1.29, 1.82) is 0 Å². The number of amides is 1. The molecule has 0 spiro atoms. The van der Waals surface area contributed by atoms with Crippen LogP contribution >= 0.6 is 22.9 Å². The number of carbonyl (C=O) groups is 2. The second kappa shape index (κ2) is 7.56. The van der Waals surface area contributed by atoms with Gasteiger partial charge in [0.1, 0.15) is 10.9 Å². The molecule has 2 aromatic heterocycles. The third-order valence-electron chi connectivity index (χ3n) is 5.06. The van der Waals surface area contributed by atoms with Crippen molar-refractivity contribution in [2.45, 2.75) is 32.2 Å². The number of rotatable bonds is 3. The zero-order chi connectivity index (χ0) is 19.8. The van der Waals surface area contributed by atoms with E-state index in [9.17, 15) is 9.59 Å². The average molecular weight is 418 g/mol. The van der Waals surface area contributed by atoms with Gasteiger partial charge in [0.2, 0.25) is 0 Å². The largest absolute Gasteiger partial charge is 0.467 e. The molecule has 146 valence electrons. The smallest absolute Gasteiger partial charge is 0.328 e. The van der Waals surface area contributed by atoms with Crippen LogP contribution in [-0.4, -0.2) is 46.3 Å². The summed E-state index contributed by atoms with van der Waals surface area (Å²) in [5.74, 6) is -0.476. The van der Waals surface area contributed by atoms with Crippen LogP contribution in [0.4, 0.5) is 0 Å². The number of thiophene rings is 1. The SMILES string of the molecule is COC(=O)C1CCCCN1C(=O)c1cc2c(C)nn(-c3ccc(Cl)cc3)c2s1. The molecule has 4 rings (SSSR count). The molecule has 8 heteroatoms. The number of aromatic nitrogens is 2. The number of likely N-dealkylation sites (tertiary alicyclic amines) is 1. The number of hydrogen-bond acceptors (Lipinski definition) is 5. The molecular weight excluding hydrogens is 398 g/mol. The van der Waals surface area contributed by atoms with Gasteiger partial charge in [-0.05, 0) is 56.5 Å². The summed E-state index contributed by atoms with van der Waals surface area (Å²) in [6.07, 6.45) is 2.45. The summed E-state index contributed by atoms with van der Waals surface area (Å²) in [6.45, 7) is 2.49. The normalized spacial score (nSPS) is 17.1. The molecule has 0 aliphatic carbocycles. The van der Waals surface area contributed by atoms with Gasteiger partial charge in [-0.3, -0.25) is 4.79 Å². The maximum Gasteiger partial charge on any atom is 0.328 e. The minimum Gasteiger partial charge on any atom is -0.467 e. The van der Waals surface area contributed by atoms with Crippen LogP contribution in [0.25, 0.3) is 15.9 Å². The molecule has 3 heterocycles. The lowest BCUT2D eigenvalue weighted by molar-refractivity contribution is -0.147. The highest BCUT2D eigenvalue weighted by Gasteiger charge is 2.34. The summed E-state index contributed by atoms with van der Waals surface area (Å²) in [4.78, 5) is 28.5. The number of hydrogen-bond donors (Lipinski definition) is 0. The molecule has 0 radical (unpaired) electrons. The fourth-order valence-electron chi connectivity index (χ4n) is 3.61. The van der Waals surface area contributed by atoms with E-state index in [0.29, 0.717) is 22.9 Å². The van der Waals surface area contributed by atoms with Crippen LogP contribution < -0.4 is 0 Å². The predicted octanol–water partition coefficient (Wildman–Crippen LogP) is 4.22. The number of piperidine rings is 1. The standard InChI is InChI=1S/C20H20ClN3O3S/c1-12-15-11-17(18(25)23-10-4-3-5-16(23)20(26)27-2)28-19(15)24(22-12)14-8-6-13(21)7-9-14/h6-9,11,16H,3-5,10H2,1-2H3. The molecule has 3 aromatic rings. The number of methoxy groups -OCH3 is 1. The van der Waals surface area contributed by atoms with E-state index in [1.807, 2.05) is 41.9 Å². The van der Waals surface area contributed by atoms with Gasteiger partial charge in [0.15, 0.2) is 0 Å². The van der Waals surface area contributed by atoms with Crippen LogP contribution in [0.15, 0.2) is 30.3 Å². The van der Waals surface area contributed by atoms with E-state index in [1.54, 1.807) is 4.90 Å². The molecule has 0 bridgehead atoms. The highest BCUT2D eigenvalue weighted by atomic mass is 35.5. The Labute approximate surface area is 171 Å². The van der Waals surface area contributed by atoms with E-state index in [4.69, 9.17) is 16.3 Å². The van der Waals surface area contributed by atoms with Crippen LogP contribution in [0.1, 0.15) is 34.6 Å². The summed E-state index contributed by atoms with van der Waals surface area (Å²) in [6, 6.07) is 8.79. The van der Waals surface area contributed by atoms with E-state index in [0.717, 1.165) is 34.4 Å². The Morgan fingerprint density at radius 3 is 2.71 bits per heavy atom. The molecule has 1 atom stereocenters. The average Bonchev–Trinajstić information content (AvgIpc) is 3.28. The first-order valence-electron chi connectivity index (χ1n) is 9.13. The van der Waals surface area contributed by atoms with E-state index in [2.05, 4.69) is 5.10 Å². The minimum absolute atomic E-state index is 0.127. The van der Waals surface area contributed by atoms with Crippen LogP contribution in [-0.2, 0) is 9.53 Å². The molecule has 1 unspecified atom stereocenters. The fourth-order valence-corrected chi connectivity index (χ4v) is 4.87. The number of halogens is 1. The lowest BCUT2D eigenvalue weighted by Crippen LogP contribution is -2.48. The van der Waals surface area contributed by atoms with Gasteiger partial charge in [0.25, 0.3) is 5.91 Å². The molecule has 28 heavy (non-hydrogen) atoms. The minimum atomic E-state index is -0.509. The summed E-state index contributed by atoms with van der Waals surface area (Å²) in [5.41, 5.74) is 1.73. The van der Waals surface area contributed by atoms with Gasteiger partial charge in [-0.2, -0.15) is 5.10 Å². The molecule has 1 aliphatic heterocycles. The quantitative estimate of drug-likeness (QED) is 0.598. The molecule has 1 amide bonds. The first-order valence-corrected chi connectivity index (χ1v) is 10.3. The van der Waals surface area contributed by atoms with Gasteiger partial charge >= 0.3 is 5.97 Å². The maximum absolute atomic E-state index is 13.2. The topological polar surface area (TPSA) is 64.4 Å². The van der Waals surface area contributed by atoms with Gasteiger partial charge < -0.3 is 9.64 Å². The third-order valence-corrected chi connectivity index (χ3v) is 6.41. The van der Waals surface area contributed by atoms with Crippen molar-refractivity contribution >= 4 is 45.0 Å². The van der Waals surface area contributed by atoms with E-state index >= 15 is 0 Å². The van der Waals surface area contributed by atoms with Crippen LogP contribution in [0, 0.1) is 6.92 Å². The maximum atomic E-state index is 13.2. The second-order valence-corrected chi connectivity index (χ2v) is 8.30.